The lowest BCUT2D eigenvalue weighted by atomic mass is 9.58. The molecule has 1 unspecified atom stereocenters. The zero-order valence-electron chi connectivity index (χ0n) is 17.4. The molecule has 148 valence electrons. The number of allylic oxidation sites excluding steroid dienone is 8. The van der Waals surface area contributed by atoms with Gasteiger partial charge in [-0.2, -0.15) is 0 Å². The summed E-state index contributed by atoms with van der Waals surface area (Å²) in [5.74, 6) is 0.518. The normalized spacial score (nSPS) is 19.2. The van der Waals surface area contributed by atoms with Gasteiger partial charge in [-0.1, -0.05) is 134 Å². The summed E-state index contributed by atoms with van der Waals surface area (Å²) in [6.45, 7) is 0. The highest BCUT2D eigenvalue weighted by molar-refractivity contribution is 5.87. The predicted octanol–water partition coefficient (Wildman–Crippen LogP) is 5.47. The Morgan fingerprint density at radius 1 is 0.516 bits per heavy atom. The van der Waals surface area contributed by atoms with Crippen LogP contribution in [0.4, 0.5) is 0 Å². The van der Waals surface area contributed by atoms with Crippen molar-refractivity contribution in [3.8, 4) is 0 Å². The molecule has 0 N–H and O–H groups in total. The summed E-state index contributed by atoms with van der Waals surface area (Å²) in [6, 6.07) is 31.1. The van der Waals surface area contributed by atoms with Crippen LogP contribution in [0.1, 0.15) is 11.1 Å². The van der Waals surface area contributed by atoms with E-state index in [1.807, 2.05) is 0 Å². The summed E-state index contributed by atoms with van der Waals surface area (Å²) in [7, 11) is 0. The minimum Gasteiger partial charge on any atom is -0.0761 e. The zero-order valence-corrected chi connectivity index (χ0v) is 17.4. The molecule has 3 aliphatic rings. The molecular formula is C31H24. The third kappa shape index (κ3) is 2.61. The maximum atomic E-state index is 2.38. The van der Waals surface area contributed by atoms with Gasteiger partial charge in [0.25, 0.3) is 0 Å². The van der Waals surface area contributed by atoms with E-state index in [1.165, 1.54) is 32.7 Å². The average molecular weight is 397 g/mol. The monoisotopic (exact) mass is 396 g/mol. The minimum atomic E-state index is -0.288. The highest BCUT2D eigenvalue weighted by Crippen LogP contribution is 2.53. The summed E-state index contributed by atoms with van der Waals surface area (Å²) in [6.07, 6.45) is 18.2. The minimum absolute atomic E-state index is 0.249. The fraction of sp³-hybridized carbons (Fsp3) is 0.0968. The van der Waals surface area contributed by atoms with Gasteiger partial charge in [0, 0.05) is 11.8 Å². The molecule has 3 aromatic rings. The van der Waals surface area contributed by atoms with Crippen LogP contribution < -0.4 is 10.4 Å². The molecule has 0 aromatic heterocycles. The molecule has 6 rings (SSSR count). The largest absolute Gasteiger partial charge is 0.0761 e. The van der Waals surface area contributed by atoms with Crippen molar-refractivity contribution in [3.63, 3.8) is 0 Å². The van der Waals surface area contributed by atoms with E-state index >= 15 is 0 Å². The van der Waals surface area contributed by atoms with Crippen LogP contribution in [0.2, 0.25) is 0 Å². The lowest BCUT2D eigenvalue weighted by Gasteiger charge is -2.43. The summed E-state index contributed by atoms with van der Waals surface area (Å²) in [5.41, 5.74) is 5.30. The standard InChI is InChI=1S/C31H24/c1-3-13-23(14-4-1)31(25-17-7-8-18-25,24-15-5-2-6-16-24)30-28-21-11-9-19-26(28)27-20-10-12-22-29(27)30/h1-22,25,28H. The maximum Gasteiger partial charge on any atom is 0.0526 e. The second-order valence-corrected chi connectivity index (χ2v) is 8.47. The Morgan fingerprint density at radius 2 is 1.06 bits per heavy atom. The van der Waals surface area contributed by atoms with E-state index in [1.54, 1.807) is 0 Å². The third-order valence-corrected chi connectivity index (χ3v) is 7.00. The molecule has 0 saturated heterocycles. The molecule has 0 amide bonds. The third-order valence-electron chi connectivity index (χ3n) is 7.00. The van der Waals surface area contributed by atoms with Crippen LogP contribution in [0.25, 0.3) is 11.1 Å². The van der Waals surface area contributed by atoms with Crippen LogP contribution in [0, 0.1) is 11.8 Å². The number of rotatable bonds is 4. The molecule has 0 spiro atoms. The van der Waals surface area contributed by atoms with E-state index in [0.29, 0.717) is 0 Å². The number of fused-ring (bicyclic) bond motifs is 2. The van der Waals surface area contributed by atoms with Gasteiger partial charge < -0.3 is 0 Å². The van der Waals surface area contributed by atoms with Crippen molar-refractivity contribution >= 4 is 11.1 Å². The lowest BCUT2D eigenvalue weighted by Crippen LogP contribution is -2.41. The molecule has 0 radical (unpaired) electrons. The van der Waals surface area contributed by atoms with E-state index in [2.05, 4.69) is 134 Å². The fourth-order valence-corrected chi connectivity index (χ4v) is 5.81. The first-order valence-electron chi connectivity index (χ1n) is 11.1. The van der Waals surface area contributed by atoms with E-state index in [9.17, 15) is 0 Å². The van der Waals surface area contributed by atoms with Crippen LogP contribution in [-0.2, 0) is 5.41 Å². The SMILES string of the molecule is C1=CC2=c3ccccc3=C(C(c3ccccc3)(c3ccccc3)C3C=CC=C3)C2C=C1. The Balaban J connectivity index is 1.81. The van der Waals surface area contributed by atoms with Crippen molar-refractivity contribution in [1.29, 1.82) is 0 Å². The number of hydrogen-bond donors (Lipinski definition) is 0. The first-order valence-corrected chi connectivity index (χ1v) is 11.1. The Kier molecular flexibility index (Phi) is 4.25. The van der Waals surface area contributed by atoms with Gasteiger partial charge in [0.2, 0.25) is 0 Å². The molecule has 0 aliphatic heterocycles. The van der Waals surface area contributed by atoms with E-state index in [0.717, 1.165) is 0 Å². The van der Waals surface area contributed by atoms with Gasteiger partial charge in [0.1, 0.15) is 0 Å². The first kappa shape index (κ1) is 18.2. The molecule has 0 saturated carbocycles. The molecule has 31 heavy (non-hydrogen) atoms. The van der Waals surface area contributed by atoms with E-state index in [4.69, 9.17) is 0 Å². The maximum absolute atomic E-state index is 2.38. The molecule has 0 nitrogen and oxygen atoms in total. The van der Waals surface area contributed by atoms with Gasteiger partial charge in [-0.3, -0.25) is 0 Å². The predicted molar refractivity (Wildman–Crippen MR) is 130 cm³/mol. The first-order chi connectivity index (χ1) is 15.4. The van der Waals surface area contributed by atoms with Crippen LogP contribution in [0.15, 0.2) is 134 Å². The van der Waals surface area contributed by atoms with Crippen LogP contribution in [0.3, 0.4) is 0 Å². The van der Waals surface area contributed by atoms with Crippen LogP contribution in [-0.4, -0.2) is 0 Å². The molecule has 0 fully saturated rings. The highest BCUT2D eigenvalue weighted by atomic mass is 14.5. The Morgan fingerprint density at radius 3 is 1.71 bits per heavy atom. The van der Waals surface area contributed by atoms with Crippen LogP contribution >= 0.6 is 0 Å². The molecule has 1 atom stereocenters. The number of hydrogen-bond acceptors (Lipinski definition) is 0. The van der Waals surface area contributed by atoms with Crippen molar-refractivity contribution in [2.75, 3.05) is 0 Å². The zero-order chi connectivity index (χ0) is 20.7. The summed E-state index contributed by atoms with van der Waals surface area (Å²) in [4.78, 5) is 0. The quantitative estimate of drug-likeness (QED) is 0.548. The van der Waals surface area contributed by atoms with Gasteiger partial charge >= 0.3 is 0 Å². The van der Waals surface area contributed by atoms with Crippen LogP contribution in [0.5, 0.6) is 0 Å². The number of benzene rings is 3. The van der Waals surface area contributed by atoms with E-state index in [-0.39, 0.29) is 17.3 Å². The summed E-state index contributed by atoms with van der Waals surface area (Å²) in [5, 5.41) is 2.74. The van der Waals surface area contributed by atoms with Crippen molar-refractivity contribution in [3.05, 3.63) is 155 Å². The van der Waals surface area contributed by atoms with E-state index < -0.39 is 0 Å². The van der Waals surface area contributed by atoms with Crippen molar-refractivity contribution in [2.45, 2.75) is 5.41 Å². The van der Waals surface area contributed by atoms with Gasteiger partial charge in [0.15, 0.2) is 0 Å². The topological polar surface area (TPSA) is 0 Å². The van der Waals surface area contributed by atoms with Crippen molar-refractivity contribution < 1.29 is 0 Å². The average Bonchev–Trinajstić information content (AvgIpc) is 3.49. The second-order valence-electron chi connectivity index (χ2n) is 8.47. The molecular weight excluding hydrogens is 372 g/mol. The molecule has 0 heteroatoms. The molecule has 3 aromatic carbocycles. The fourth-order valence-electron chi connectivity index (χ4n) is 5.81. The molecule has 0 bridgehead atoms. The Labute approximate surface area is 183 Å². The van der Waals surface area contributed by atoms with Gasteiger partial charge in [-0.15, -0.1) is 0 Å². The summed E-state index contributed by atoms with van der Waals surface area (Å²) < 4.78 is 0. The summed E-state index contributed by atoms with van der Waals surface area (Å²) >= 11 is 0. The van der Waals surface area contributed by atoms with Gasteiger partial charge in [0.05, 0.1) is 5.41 Å². The second kappa shape index (κ2) is 7.25. The lowest BCUT2D eigenvalue weighted by molar-refractivity contribution is 0.546. The molecule has 3 aliphatic carbocycles. The highest BCUT2D eigenvalue weighted by Gasteiger charge is 2.47. The smallest absolute Gasteiger partial charge is 0.0526 e. The van der Waals surface area contributed by atoms with Gasteiger partial charge in [-0.25, -0.2) is 0 Å². The van der Waals surface area contributed by atoms with Crippen molar-refractivity contribution in [2.24, 2.45) is 11.8 Å². The Hall–Kier alpha value is -3.64. The van der Waals surface area contributed by atoms with Crippen molar-refractivity contribution in [1.82, 2.24) is 0 Å². The van der Waals surface area contributed by atoms with Gasteiger partial charge in [-0.05, 0) is 32.7 Å². The Bertz CT molecular complexity index is 1310. The molecule has 0 heterocycles.